The number of halogens is 1. The number of rotatable bonds is 8. The van der Waals surface area contributed by atoms with Crippen molar-refractivity contribution in [3.63, 3.8) is 0 Å². The lowest BCUT2D eigenvalue weighted by Gasteiger charge is -2.30. The second kappa shape index (κ2) is 11.3. The highest BCUT2D eigenvalue weighted by Gasteiger charge is 2.31. The van der Waals surface area contributed by atoms with Crippen LogP contribution < -0.4 is 10.6 Å². The van der Waals surface area contributed by atoms with Gasteiger partial charge in [-0.25, -0.2) is 12.7 Å². The summed E-state index contributed by atoms with van der Waals surface area (Å²) in [6.07, 6.45) is 1.68. The highest BCUT2D eigenvalue weighted by atomic mass is 79.9. The first kappa shape index (κ1) is 25.4. The molecular weight excluding hydrogens is 506 g/mol. The summed E-state index contributed by atoms with van der Waals surface area (Å²) in [5.41, 5.74) is 1.61. The average Bonchev–Trinajstić information content (AvgIpc) is 2.80. The number of amides is 2. The van der Waals surface area contributed by atoms with Gasteiger partial charge in [-0.15, -0.1) is 0 Å². The maximum atomic E-state index is 12.9. The van der Waals surface area contributed by atoms with Gasteiger partial charge in [0.15, 0.2) is 0 Å². The zero-order valence-electron chi connectivity index (χ0n) is 18.9. The van der Waals surface area contributed by atoms with Gasteiger partial charge in [0.25, 0.3) is 5.91 Å². The van der Waals surface area contributed by atoms with E-state index in [1.54, 1.807) is 36.4 Å². The number of para-hydroxylation sites is 1. The van der Waals surface area contributed by atoms with Crippen molar-refractivity contribution in [3.8, 4) is 0 Å². The number of nitrogens with zero attached hydrogens (tertiary/aromatic N) is 1. The average molecular weight is 536 g/mol. The Balaban J connectivity index is 1.59. The SMILES string of the molecule is CC[C@H](C)NC(=O)c1ccccc1NC(=O)C1CCN(S(=O)(=O)Cc2ccc(Br)cc2)CC1. The van der Waals surface area contributed by atoms with Gasteiger partial charge in [0.1, 0.15) is 0 Å². The van der Waals surface area contributed by atoms with E-state index in [0.29, 0.717) is 37.2 Å². The Hall–Kier alpha value is -2.23. The topological polar surface area (TPSA) is 95.6 Å². The third-order valence-electron chi connectivity index (χ3n) is 5.90. The van der Waals surface area contributed by atoms with Crippen molar-refractivity contribution >= 4 is 43.5 Å². The molecule has 2 aromatic rings. The normalized spacial score (nSPS) is 16.2. The standard InChI is InChI=1S/C24H30BrN3O4S/c1-3-17(2)26-24(30)21-6-4-5-7-22(21)27-23(29)19-12-14-28(15-13-19)33(31,32)16-18-8-10-20(25)11-9-18/h4-11,17,19H,3,12-16H2,1-2H3,(H,26,30)(H,27,29)/t17-/m0/s1. The van der Waals surface area contributed by atoms with Crippen molar-refractivity contribution < 1.29 is 18.0 Å². The second-order valence-electron chi connectivity index (χ2n) is 8.37. The van der Waals surface area contributed by atoms with Crippen molar-refractivity contribution in [1.82, 2.24) is 9.62 Å². The summed E-state index contributed by atoms with van der Waals surface area (Å²) in [4.78, 5) is 25.5. The molecule has 0 aliphatic carbocycles. The van der Waals surface area contributed by atoms with Crippen molar-refractivity contribution in [2.24, 2.45) is 5.92 Å². The molecule has 1 atom stereocenters. The Labute approximate surface area is 204 Å². The Morgan fingerprint density at radius 2 is 1.73 bits per heavy atom. The Morgan fingerprint density at radius 3 is 2.36 bits per heavy atom. The molecule has 33 heavy (non-hydrogen) atoms. The largest absolute Gasteiger partial charge is 0.350 e. The minimum Gasteiger partial charge on any atom is -0.350 e. The number of benzene rings is 2. The number of hydrogen-bond donors (Lipinski definition) is 2. The van der Waals surface area contributed by atoms with Gasteiger partial charge in [0.05, 0.1) is 17.0 Å². The minimum absolute atomic E-state index is 0.0324. The Kier molecular flexibility index (Phi) is 8.67. The van der Waals surface area contributed by atoms with Gasteiger partial charge in [-0.2, -0.15) is 0 Å². The predicted octanol–water partition coefficient (Wildman–Crippen LogP) is 4.16. The van der Waals surface area contributed by atoms with Crippen LogP contribution in [0.4, 0.5) is 5.69 Å². The van der Waals surface area contributed by atoms with E-state index in [2.05, 4.69) is 26.6 Å². The molecule has 1 saturated heterocycles. The van der Waals surface area contributed by atoms with Crippen LogP contribution in [0.1, 0.15) is 49.0 Å². The van der Waals surface area contributed by atoms with Gasteiger partial charge in [0, 0.05) is 29.5 Å². The minimum atomic E-state index is -3.46. The number of sulfonamides is 1. The summed E-state index contributed by atoms with van der Waals surface area (Å²) in [5, 5.41) is 5.80. The molecule has 2 amide bonds. The number of anilines is 1. The van der Waals surface area contributed by atoms with Crippen LogP contribution in [-0.2, 0) is 20.6 Å². The maximum absolute atomic E-state index is 12.9. The van der Waals surface area contributed by atoms with Crippen LogP contribution in [0, 0.1) is 5.92 Å². The van der Waals surface area contributed by atoms with Crippen LogP contribution in [0.2, 0.25) is 0 Å². The van der Waals surface area contributed by atoms with E-state index >= 15 is 0 Å². The lowest BCUT2D eigenvalue weighted by Crippen LogP contribution is -2.42. The van der Waals surface area contributed by atoms with Crippen LogP contribution in [-0.4, -0.2) is 43.7 Å². The Bertz CT molecular complexity index is 1080. The molecule has 0 bridgehead atoms. The first-order valence-corrected chi connectivity index (χ1v) is 13.5. The summed E-state index contributed by atoms with van der Waals surface area (Å²) in [6.45, 7) is 4.52. The van der Waals surface area contributed by atoms with E-state index < -0.39 is 10.0 Å². The van der Waals surface area contributed by atoms with Crippen LogP contribution in [0.15, 0.2) is 53.0 Å². The van der Waals surface area contributed by atoms with E-state index in [9.17, 15) is 18.0 Å². The molecule has 1 aliphatic rings. The van der Waals surface area contributed by atoms with E-state index in [1.165, 1.54) is 4.31 Å². The third-order valence-corrected chi connectivity index (χ3v) is 8.28. The van der Waals surface area contributed by atoms with Crippen LogP contribution in [0.3, 0.4) is 0 Å². The van der Waals surface area contributed by atoms with Gasteiger partial charge in [-0.05, 0) is 56.0 Å². The highest BCUT2D eigenvalue weighted by molar-refractivity contribution is 9.10. The van der Waals surface area contributed by atoms with E-state index in [4.69, 9.17) is 0 Å². The van der Waals surface area contributed by atoms with Crippen LogP contribution in [0.5, 0.6) is 0 Å². The molecule has 0 radical (unpaired) electrons. The van der Waals surface area contributed by atoms with Crippen molar-refractivity contribution in [2.75, 3.05) is 18.4 Å². The van der Waals surface area contributed by atoms with Crippen LogP contribution >= 0.6 is 15.9 Å². The highest BCUT2D eigenvalue weighted by Crippen LogP contribution is 2.24. The summed E-state index contributed by atoms with van der Waals surface area (Å²) in [7, 11) is -3.46. The third kappa shape index (κ3) is 6.88. The van der Waals surface area contributed by atoms with Crippen LogP contribution in [0.25, 0.3) is 0 Å². The van der Waals surface area contributed by atoms with Crippen molar-refractivity contribution in [3.05, 3.63) is 64.1 Å². The summed E-state index contributed by atoms with van der Waals surface area (Å²) in [5.74, 6) is -0.789. The Morgan fingerprint density at radius 1 is 1.09 bits per heavy atom. The van der Waals surface area contributed by atoms with E-state index in [0.717, 1.165) is 16.5 Å². The lowest BCUT2D eigenvalue weighted by molar-refractivity contribution is -0.120. The predicted molar refractivity (Wildman–Crippen MR) is 133 cm³/mol. The van der Waals surface area contributed by atoms with Gasteiger partial charge in [-0.1, -0.05) is 47.1 Å². The molecule has 1 aliphatic heterocycles. The summed E-state index contributed by atoms with van der Waals surface area (Å²) >= 11 is 3.35. The maximum Gasteiger partial charge on any atom is 0.253 e. The summed E-state index contributed by atoms with van der Waals surface area (Å²) in [6, 6.07) is 14.2. The van der Waals surface area contributed by atoms with Gasteiger partial charge < -0.3 is 10.6 Å². The number of nitrogens with one attached hydrogen (secondary N) is 2. The zero-order chi connectivity index (χ0) is 24.0. The number of carbonyl (C=O) groups excluding carboxylic acids is 2. The van der Waals surface area contributed by atoms with Gasteiger partial charge >= 0.3 is 0 Å². The monoisotopic (exact) mass is 535 g/mol. The molecule has 2 aromatic carbocycles. The fourth-order valence-electron chi connectivity index (χ4n) is 3.71. The molecular formula is C24H30BrN3O4S. The number of piperidine rings is 1. The first-order chi connectivity index (χ1) is 15.7. The molecule has 178 valence electrons. The molecule has 9 heteroatoms. The molecule has 3 rings (SSSR count). The molecule has 0 spiro atoms. The first-order valence-electron chi connectivity index (χ1n) is 11.1. The fourth-order valence-corrected chi connectivity index (χ4v) is 5.53. The van der Waals surface area contributed by atoms with Gasteiger partial charge in [-0.3, -0.25) is 9.59 Å². The second-order valence-corrected chi connectivity index (χ2v) is 11.3. The quantitative estimate of drug-likeness (QED) is 0.530. The lowest BCUT2D eigenvalue weighted by atomic mass is 9.97. The molecule has 1 heterocycles. The fraction of sp³-hybridized carbons (Fsp3) is 0.417. The van der Waals surface area contributed by atoms with Crippen molar-refractivity contribution in [1.29, 1.82) is 0 Å². The zero-order valence-corrected chi connectivity index (χ0v) is 21.3. The number of carbonyl (C=O) groups is 2. The molecule has 2 N–H and O–H groups in total. The summed E-state index contributed by atoms with van der Waals surface area (Å²) < 4.78 is 28.0. The molecule has 1 fully saturated rings. The van der Waals surface area contributed by atoms with E-state index in [-0.39, 0.29) is 29.5 Å². The molecule has 0 aromatic heterocycles. The molecule has 0 unspecified atom stereocenters. The van der Waals surface area contributed by atoms with Gasteiger partial charge in [0.2, 0.25) is 15.9 Å². The van der Waals surface area contributed by atoms with E-state index in [1.807, 2.05) is 26.0 Å². The van der Waals surface area contributed by atoms with Crippen molar-refractivity contribution in [2.45, 2.75) is 44.9 Å². The number of hydrogen-bond acceptors (Lipinski definition) is 4. The smallest absolute Gasteiger partial charge is 0.253 e. The molecule has 0 saturated carbocycles. The molecule has 7 nitrogen and oxygen atoms in total.